The summed E-state index contributed by atoms with van der Waals surface area (Å²) in [6.07, 6.45) is -0.0879. The van der Waals surface area contributed by atoms with Crippen molar-refractivity contribution in [3.05, 3.63) is 94.0 Å². The van der Waals surface area contributed by atoms with Crippen molar-refractivity contribution in [3.63, 3.8) is 0 Å². The van der Waals surface area contributed by atoms with Crippen LogP contribution < -0.4 is 9.64 Å². The molecule has 0 saturated carbocycles. The molecule has 1 amide bonds. The van der Waals surface area contributed by atoms with Gasteiger partial charge in [-0.25, -0.2) is 0 Å². The fourth-order valence-corrected chi connectivity index (χ4v) is 4.56. The zero-order valence-corrected chi connectivity index (χ0v) is 22.2. The summed E-state index contributed by atoms with van der Waals surface area (Å²) in [4.78, 5) is 28.0. The number of aliphatic hydroxyl groups excluding tert-OH is 1. The van der Waals surface area contributed by atoms with Gasteiger partial charge in [-0.2, -0.15) is 0 Å². The highest BCUT2D eigenvalue weighted by molar-refractivity contribution is 6.52. The number of Topliss-reactive ketones (excluding diaryl/α,β-unsaturated/α-hetero) is 1. The van der Waals surface area contributed by atoms with E-state index in [1.165, 1.54) is 23.1 Å². The molecule has 0 aromatic heterocycles. The van der Waals surface area contributed by atoms with Crippen LogP contribution in [-0.2, 0) is 15.0 Å². The molecular formula is C30H30ClNO5. The van der Waals surface area contributed by atoms with Crippen molar-refractivity contribution in [1.82, 2.24) is 0 Å². The topological polar surface area (TPSA) is 87.1 Å². The summed E-state index contributed by atoms with van der Waals surface area (Å²) in [7, 11) is 0. The maximum Gasteiger partial charge on any atom is 0.300 e. The van der Waals surface area contributed by atoms with Gasteiger partial charge in [0, 0.05) is 10.6 Å². The molecule has 0 spiro atoms. The number of nitrogens with zero attached hydrogens (tertiary/aromatic N) is 1. The largest absolute Gasteiger partial charge is 0.507 e. The van der Waals surface area contributed by atoms with E-state index in [9.17, 15) is 19.8 Å². The molecule has 1 aliphatic rings. The van der Waals surface area contributed by atoms with Crippen LogP contribution in [0.2, 0.25) is 5.02 Å². The quantitative estimate of drug-likeness (QED) is 0.221. The van der Waals surface area contributed by atoms with Crippen LogP contribution >= 0.6 is 11.6 Å². The Labute approximate surface area is 221 Å². The highest BCUT2D eigenvalue weighted by atomic mass is 35.5. The molecule has 37 heavy (non-hydrogen) atoms. The van der Waals surface area contributed by atoms with Crippen LogP contribution in [0.15, 0.2) is 72.3 Å². The summed E-state index contributed by atoms with van der Waals surface area (Å²) in [5.74, 6) is -1.76. The molecule has 4 rings (SSSR count). The van der Waals surface area contributed by atoms with Crippen LogP contribution in [0.25, 0.3) is 5.76 Å². The fraction of sp³-hybridized carbons (Fsp3) is 0.267. The summed E-state index contributed by atoms with van der Waals surface area (Å²) in [6, 6.07) is 17.5. The third kappa shape index (κ3) is 5.20. The van der Waals surface area contributed by atoms with Gasteiger partial charge in [0.15, 0.2) is 0 Å². The average Bonchev–Trinajstić information content (AvgIpc) is 3.09. The summed E-state index contributed by atoms with van der Waals surface area (Å²) in [5.41, 5.74) is 1.88. The van der Waals surface area contributed by atoms with E-state index in [1.54, 1.807) is 24.3 Å². The van der Waals surface area contributed by atoms with Gasteiger partial charge in [0.25, 0.3) is 11.7 Å². The molecule has 1 unspecified atom stereocenters. The number of phenols is 1. The van der Waals surface area contributed by atoms with E-state index >= 15 is 0 Å². The van der Waals surface area contributed by atoms with Crippen LogP contribution in [-0.4, -0.2) is 28.0 Å². The number of aliphatic hydroxyl groups is 1. The molecule has 1 aliphatic heterocycles. The molecule has 3 aromatic carbocycles. The number of carbonyl (C=O) groups is 2. The predicted octanol–water partition coefficient (Wildman–Crippen LogP) is 6.76. The maximum absolute atomic E-state index is 13.4. The number of hydrogen-bond donors (Lipinski definition) is 2. The SMILES string of the molecule is CC(C)Oc1cccc(/C(O)=C2\C(=O)C(=O)N(c3cc(Cl)ccc3O)C2c2ccc(C(C)(C)C)cc2)c1. The molecule has 1 heterocycles. The smallest absolute Gasteiger partial charge is 0.300 e. The van der Waals surface area contributed by atoms with Gasteiger partial charge >= 0.3 is 0 Å². The van der Waals surface area contributed by atoms with Crippen LogP contribution in [0.5, 0.6) is 11.5 Å². The average molecular weight is 520 g/mol. The summed E-state index contributed by atoms with van der Waals surface area (Å²) in [6.45, 7) is 10.0. The molecule has 6 nitrogen and oxygen atoms in total. The first-order valence-corrected chi connectivity index (χ1v) is 12.4. The molecule has 1 fully saturated rings. The van der Waals surface area contributed by atoms with Gasteiger partial charge in [-0.05, 0) is 60.7 Å². The Bertz CT molecular complexity index is 1390. The van der Waals surface area contributed by atoms with Crippen molar-refractivity contribution in [2.75, 3.05) is 4.90 Å². The molecule has 192 valence electrons. The predicted molar refractivity (Wildman–Crippen MR) is 145 cm³/mol. The number of phenolic OH excluding ortho intramolecular Hbond substituents is 1. The molecule has 2 N–H and O–H groups in total. The number of amides is 1. The number of hydrogen-bond acceptors (Lipinski definition) is 5. The third-order valence-electron chi connectivity index (χ3n) is 6.21. The number of carbonyl (C=O) groups excluding carboxylic acids is 2. The van der Waals surface area contributed by atoms with Gasteiger partial charge in [-0.3, -0.25) is 14.5 Å². The van der Waals surface area contributed by atoms with Crippen LogP contribution in [0, 0.1) is 0 Å². The van der Waals surface area contributed by atoms with E-state index in [2.05, 4.69) is 20.8 Å². The van der Waals surface area contributed by atoms with Gasteiger partial charge < -0.3 is 14.9 Å². The molecular weight excluding hydrogens is 490 g/mol. The Balaban J connectivity index is 1.94. The first-order valence-electron chi connectivity index (χ1n) is 12.1. The van der Waals surface area contributed by atoms with Gasteiger partial charge in [0.1, 0.15) is 17.3 Å². The van der Waals surface area contributed by atoms with Gasteiger partial charge in [-0.15, -0.1) is 0 Å². The molecule has 7 heteroatoms. The van der Waals surface area contributed by atoms with Crippen molar-refractivity contribution in [3.8, 4) is 11.5 Å². The minimum atomic E-state index is -0.993. The Kier molecular flexibility index (Phi) is 7.07. The summed E-state index contributed by atoms with van der Waals surface area (Å²) >= 11 is 6.19. The van der Waals surface area contributed by atoms with Gasteiger partial charge in [-0.1, -0.05) is 68.8 Å². The zero-order chi connectivity index (χ0) is 27.1. The minimum Gasteiger partial charge on any atom is -0.507 e. The van der Waals surface area contributed by atoms with Gasteiger partial charge in [0.2, 0.25) is 0 Å². The second-order valence-electron chi connectivity index (χ2n) is 10.4. The van der Waals surface area contributed by atoms with Crippen LogP contribution in [0.3, 0.4) is 0 Å². The first kappa shape index (κ1) is 26.3. The lowest BCUT2D eigenvalue weighted by Gasteiger charge is -2.27. The van der Waals surface area contributed by atoms with Crippen molar-refractivity contribution < 1.29 is 24.5 Å². The summed E-state index contributed by atoms with van der Waals surface area (Å²) < 4.78 is 5.75. The molecule has 0 bridgehead atoms. The second-order valence-corrected chi connectivity index (χ2v) is 10.8. The van der Waals surface area contributed by atoms with E-state index in [1.807, 2.05) is 38.1 Å². The van der Waals surface area contributed by atoms with E-state index < -0.39 is 17.7 Å². The standard InChI is InChI=1S/C30H30ClNO5/c1-17(2)37-22-8-6-7-19(15-22)27(34)25-26(18-9-11-20(12-10-18)30(3,4)5)32(29(36)28(25)35)23-16-21(31)13-14-24(23)33/h6-17,26,33-34H,1-5H3/b27-25+. The number of benzene rings is 3. The van der Waals surface area contributed by atoms with Crippen molar-refractivity contribution in [2.45, 2.75) is 52.2 Å². The number of anilines is 1. The lowest BCUT2D eigenvalue weighted by molar-refractivity contribution is -0.132. The zero-order valence-electron chi connectivity index (χ0n) is 21.4. The van der Waals surface area contributed by atoms with E-state index in [-0.39, 0.29) is 39.3 Å². The van der Waals surface area contributed by atoms with Crippen molar-refractivity contribution in [2.24, 2.45) is 0 Å². The highest BCUT2D eigenvalue weighted by Gasteiger charge is 2.47. The lowest BCUT2D eigenvalue weighted by atomic mass is 9.85. The molecule has 0 aliphatic carbocycles. The number of ether oxygens (including phenoxy) is 1. The highest BCUT2D eigenvalue weighted by Crippen LogP contribution is 2.45. The van der Waals surface area contributed by atoms with Crippen LogP contribution in [0.1, 0.15) is 57.4 Å². The normalized spacial score (nSPS) is 17.5. The number of halogens is 1. The lowest BCUT2D eigenvalue weighted by Crippen LogP contribution is -2.29. The fourth-order valence-electron chi connectivity index (χ4n) is 4.40. The monoisotopic (exact) mass is 519 g/mol. The number of ketones is 1. The van der Waals surface area contributed by atoms with E-state index in [0.717, 1.165) is 5.56 Å². The van der Waals surface area contributed by atoms with Gasteiger partial charge in [0.05, 0.1) is 23.4 Å². The molecule has 1 saturated heterocycles. The first-order chi connectivity index (χ1) is 17.4. The molecule has 0 radical (unpaired) electrons. The maximum atomic E-state index is 13.4. The Hall–Kier alpha value is -3.77. The second kappa shape index (κ2) is 9.94. The minimum absolute atomic E-state index is 0.0791. The van der Waals surface area contributed by atoms with E-state index in [4.69, 9.17) is 16.3 Å². The Morgan fingerprint density at radius 2 is 1.68 bits per heavy atom. The third-order valence-corrected chi connectivity index (χ3v) is 6.45. The molecule has 1 atom stereocenters. The van der Waals surface area contributed by atoms with Crippen molar-refractivity contribution in [1.29, 1.82) is 0 Å². The van der Waals surface area contributed by atoms with Crippen LogP contribution in [0.4, 0.5) is 5.69 Å². The molecule has 3 aromatic rings. The number of aromatic hydroxyl groups is 1. The number of rotatable bonds is 5. The summed E-state index contributed by atoms with van der Waals surface area (Å²) in [5, 5.41) is 22.3. The van der Waals surface area contributed by atoms with E-state index in [0.29, 0.717) is 16.9 Å². The van der Waals surface area contributed by atoms with Crippen molar-refractivity contribution >= 4 is 34.7 Å². The Morgan fingerprint density at radius 1 is 1.00 bits per heavy atom. The Morgan fingerprint density at radius 3 is 2.30 bits per heavy atom.